The van der Waals surface area contributed by atoms with Gasteiger partial charge in [-0.3, -0.25) is 4.79 Å². The number of Topliss-reactive ketones (excluding diaryl/α,β-unsaturated/α-hetero) is 1. The van der Waals surface area contributed by atoms with Gasteiger partial charge in [-0.2, -0.15) is 10.5 Å². The summed E-state index contributed by atoms with van der Waals surface area (Å²) < 4.78 is 5.48. The molecule has 138 valence electrons. The molecule has 27 heavy (non-hydrogen) atoms. The molecule has 5 aliphatic rings. The first-order valence-corrected chi connectivity index (χ1v) is 10.1. The quantitative estimate of drug-likeness (QED) is 0.805. The fourth-order valence-electron chi connectivity index (χ4n) is 7.14. The molecule has 0 radical (unpaired) electrons. The number of hydrogen-bond acceptors (Lipinski definition) is 4. The minimum atomic E-state index is -1.24. The molecule has 1 aromatic rings. The van der Waals surface area contributed by atoms with Gasteiger partial charge in [0.25, 0.3) is 0 Å². The van der Waals surface area contributed by atoms with Crippen LogP contribution in [-0.2, 0) is 4.79 Å². The number of ether oxygens (including phenoxy) is 1. The maximum atomic E-state index is 13.8. The van der Waals surface area contributed by atoms with Crippen LogP contribution in [0.4, 0.5) is 0 Å². The first kappa shape index (κ1) is 16.8. The van der Waals surface area contributed by atoms with Crippen molar-refractivity contribution >= 4 is 5.78 Å². The van der Waals surface area contributed by atoms with Gasteiger partial charge in [0.2, 0.25) is 0 Å². The van der Waals surface area contributed by atoms with Crippen LogP contribution in [-0.4, -0.2) is 12.9 Å². The third-order valence-corrected chi connectivity index (χ3v) is 7.89. The molecule has 0 unspecified atom stereocenters. The van der Waals surface area contributed by atoms with Crippen LogP contribution >= 0.6 is 0 Å². The van der Waals surface area contributed by atoms with Gasteiger partial charge in [0.1, 0.15) is 11.5 Å². The summed E-state index contributed by atoms with van der Waals surface area (Å²) in [5, 5.41) is 19.8. The first-order chi connectivity index (χ1) is 13.1. The molecule has 0 aromatic heterocycles. The molecule has 5 aliphatic carbocycles. The number of nitriles is 2. The number of carbonyl (C=O) groups excluding carboxylic acids is 1. The van der Waals surface area contributed by atoms with Crippen molar-refractivity contribution in [3.63, 3.8) is 0 Å². The molecule has 0 heterocycles. The van der Waals surface area contributed by atoms with E-state index < -0.39 is 11.3 Å². The standard InChI is InChI=1S/C23H24N2O2/c1-27-18-5-3-2-4-17(18)19-20(23(19,12-24)13-25)21(26)22-9-14-6-15(10-22)8-16(7-14)11-22/h2-5,14-16,19-20H,6-11H2,1H3/t14?,15?,16?,19-,20+,22?/m0/s1. The molecule has 6 rings (SSSR count). The highest BCUT2D eigenvalue weighted by molar-refractivity contribution is 5.94. The van der Waals surface area contributed by atoms with E-state index in [4.69, 9.17) is 4.74 Å². The molecular weight excluding hydrogens is 336 g/mol. The lowest BCUT2D eigenvalue weighted by Gasteiger charge is -2.56. The number of nitrogens with zero attached hydrogens (tertiary/aromatic N) is 2. The maximum absolute atomic E-state index is 13.8. The molecule has 0 saturated heterocycles. The largest absolute Gasteiger partial charge is 0.496 e. The summed E-state index contributed by atoms with van der Waals surface area (Å²) in [6.45, 7) is 0. The molecule has 4 nitrogen and oxygen atoms in total. The van der Waals surface area contributed by atoms with Gasteiger partial charge >= 0.3 is 0 Å². The average Bonchev–Trinajstić information content (AvgIpc) is 3.35. The molecule has 0 N–H and O–H groups in total. The zero-order valence-electron chi connectivity index (χ0n) is 15.6. The molecule has 1 aromatic carbocycles. The smallest absolute Gasteiger partial charge is 0.161 e. The SMILES string of the molecule is COc1ccccc1[C@H]1[C@H](C(=O)C23CC4CC(CC(C4)C2)C3)C1(C#N)C#N. The predicted octanol–water partition coefficient (Wildman–Crippen LogP) is 4.23. The number of para-hydroxylation sites is 1. The van der Waals surface area contributed by atoms with E-state index in [0.29, 0.717) is 23.5 Å². The molecule has 0 aliphatic heterocycles. The molecule has 4 heteroatoms. The van der Waals surface area contributed by atoms with Crippen molar-refractivity contribution in [3.8, 4) is 17.9 Å². The molecule has 0 amide bonds. The average molecular weight is 360 g/mol. The minimum Gasteiger partial charge on any atom is -0.496 e. The van der Waals surface area contributed by atoms with Crippen molar-refractivity contribution in [1.82, 2.24) is 0 Å². The summed E-state index contributed by atoms with van der Waals surface area (Å²) in [6, 6.07) is 12.0. The van der Waals surface area contributed by atoms with Crippen molar-refractivity contribution in [2.75, 3.05) is 7.11 Å². The van der Waals surface area contributed by atoms with Gasteiger partial charge < -0.3 is 4.74 Å². The third-order valence-electron chi connectivity index (χ3n) is 7.89. The van der Waals surface area contributed by atoms with Gasteiger partial charge in [0.05, 0.1) is 25.2 Å². The first-order valence-electron chi connectivity index (χ1n) is 10.1. The summed E-state index contributed by atoms with van der Waals surface area (Å²) in [5.41, 5.74) is -0.698. The second-order valence-electron chi connectivity index (χ2n) is 9.35. The van der Waals surface area contributed by atoms with Crippen LogP contribution in [0.25, 0.3) is 0 Å². The molecular formula is C23H24N2O2. The highest BCUT2D eigenvalue weighted by atomic mass is 16.5. The number of ketones is 1. The van der Waals surface area contributed by atoms with Crippen LogP contribution in [0, 0.1) is 57.2 Å². The Bertz CT molecular complexity index is 841. The predicted molar refractivity (Wildman–Crippen MR) is 98.5 cm³/mol. The fourth-order valence-corrected chi connectivity index (χ4v) is 7.14. The Balaban J connectivity index is 1.53. The Morgan fingerprint density at radius 1 is 1.04 bits per heavy atom. The van der Waals surface area contributed by atoms with Gasteiger partial charge in [0.15, 0.2) is 5.41 Å². The van der Waals surface area contributed by atoms with E-state index in [-0.39, 0.29) is 17.1 Å². The van der Waals surface area contributed by atoms with Gasteiger partial charge in [-0.25, -0.2) is 0 Å². The Labute approximate surface area is 160 Å². The van der Waals surface area contributed by atoms with Crippen molar-refractivity contribution in [1.29, 1.82) is 10.5 Å². The van der Waals surface area contributed by atoms with Gasteiger partial charge in [-0.05, 0) is 62.3 Å². The van der Waals surface area contributed by atoms with E-state index in [9.17, 15) is 15.3 Å². The fraction of sp³-hybridized carbons (Fsp3) is 0.609. The molecule has 2 atom stereocenters. The van der Waals surface area contributed by atoms with Crippen LogP contribution < -0.4 is 4.74 Å². The monoisotopic (exact) mass is 360 g/mol. The van der Waals surface area contributed by atoms with Crippen LogP contribution in [0.5, 0.6) is 5.75 Å². The van der Waals surface area contributed by atoms with E-state index in [1.54, 1.807) is 7.11 Å². The minimum absolute atomic E-state index is 0.195. The van der Waals surface area contributed by atoms with E-state index in [0.717, 1.165) is 24.8 Å². The summed E-state index contributed by atoms with van der Waals surface area (Å²) in [6.07, 6.45) is 6.73. The van der Waals surface area contributed by atoms with Crippen LogP contribution in [0.2, 0.25) is 0 Å². The Morgan fingerprint density at radius 3 is 2.11 bits per heavy atom. The zero-order chi connectivity index (χ0) is 18.8. The highest BCUT2D eigenvalue weighted by Gasteiger charge is 2.74. The third kappa shape index (κ3) is 2.16. The van der Waals surface area contributed by atoms with Crippen molar-refractivity contribution < 1.29 is 9.53 Å². The molecule has 5 saturated carbocycles. The van der Waals surface area contributed by atoms with E-state index in [1.807, 2.05) is 24.3 Å². The van der Waals surface area contributed by atoms with E-state index >= 15 is 0 Å². The number of carbonyl (C=O) groups is 1. The topological polar surface area (TPSA) is 73.9 Å². The summed E-state index contributed by atoms with van der Waals surface area (Å²) in [7, 11) is 1.59. The summed E-state index contributed by atoms with van der Waals surface area (Å²) in [5.74, 6) is 1.98. The zero-order valence-corrected chi connectivity index (χ0v) is 15.6. The number of rotatable bonds is 4. The van der Waals surface area contributed by atoms with Gasteiger partial charge in [-0.15, -0.1) is 0 Å². The molecule has 0 spiro atoms. The van der Waals surface area contributed by atoms with Crippen molar-refractivity contribution in [2.24, 2.45) is 34.5 Å². The molecule has 5 fully saturated rings. The normalized spacial score (nSPS) is 40.0. The number of benzene rings is 1. The van der Waals surface area contributed by atoms with Gasteiger partial charge in [-0.1, -0.05) is 18.2 Å². The lowest BCUT2D eigenvalue weighted by atomic mass is 9.48. The summed E-state index contributed by atoms with van der Waals surface area (Å²) >= 11 is 0. The second-order valence-corrected chi connectivity index (χ2v) is 9.35. The Kier molecular flexibility index (Phi) is 3.48. The van der Waals surface area contributed by atoms with Gasteiger partial charge in [0, 0.05) is 16.9 Å². The van der Waals surface area contributed by atoms with Crippen LogP contribution in [0.3, 0.4) is 0 Å². The second kappa shape index (κ2) is 5.59. The Hall–Kier alpha value is -2.33. The number of methoxy groups -OCH3 is 1. The van der Waals surface area contributed by atoms with E-state index in [2.05, 4.69) is 12.1 Å². The lowest BCUT2D eigenvalue weighted by Crippen LogP contribution is -2.50. The maximum Gasteiger partial charge on any atom is 0.161 e. The van der Waals surface area contributed by atoms with Crippen LogP contribution in [0.1, 0.15) is 50.0 Å². The summed E-state index contributed by atoms with van der Waals surface area (Å²) in [4.78, 5) is 13.8. The van der Waals surface area contributed by atoms with Crippen molar-refractivity contribution in [2.45, 2.75) is 44.4 Å². The number of hydrogen-bond donors (Lipinski definition) is 0. The Morgan fingerprint density at radius 2 is 1.59 bits per heavy atom. The molecule has 4 bridgehead atoms. The van der Waals surface area contributed by atoms with Crippen molar-refractivity contribution in [3.05, 3.63) is 29.8 Å². The van der Waals surface area contributed by atoms with Crippen LogP contribution in [0.15, 0.2) is 24.3 Å². The van der Waals surface area contributed by atoms with E-state index in [1.165, 1.54) is 19.3 Å². The highest BCUT2D eigenvalue weighted by Crippen LogP contribution is 2.70. The lowest BCUT2D eigenvalue weighted by molar-refractivity contribution is -0.145.